The Morgan fingerprint density at radius 3 is 2.59 bits per heavy atom. The second-order valence-electron chi connectivity index (χ2n) is 4.89. The van der Waals surface area contributed by atoms with E-state index in [0.29, 0.717) is 37.4 Å². The van der Waals surface area contributed by atoms with Crippen molar-refractivity contribution in [3.05, 3.63) is 42.3 Å². The minimum atomic E-state index is -0.837. The number of aromatic nitrogens is 1. The van der Waals surface area contributed by atoms with E-state index in [2.05, 4.69) is 10.3 Å². The van der Waals surface area contributed by atoms with Crippen molar-refractivity contribution in [1.29, 1.82) is 0 Å². The third-order valence-corrected chi connectivity index (χ3v) is 3.08. The van der Waals surface area contributed by atoms with Gasteiger partial charge in [-0.1, -0.05) is 18.2 Å². The second-order valence-corrected chi connectivity index (χ2v) is 4.89. The molecule has 0 saturated heterocycles. The predicted octanol–water partition coefficient (Wildman–Crippen LogP) is 2.60. The highest BCUT2D eigenvalue weighted by Crippen LogP contribution is 2.17. The Morgan fingerprint density at radius 1 is 1.14 bits per heavy atom. The van der Waals surface area contributed by atoms with Crippen molar-refractivity contribution >= 4 is 11.9 Å². The zero-order chi connectivity index (χ0) is 15.8. The van der Waals surface area contributed by atoms with Crippen LogP contribution >= 0.6 is 0 Å². The highest BCUT2D eigenvalue weighted by atomic mass is 16.4. The topological polar surface area (TPSA) is 92.4 Å². The van der Waals surface area contributed by atoms with E-state index in [0.717, 1.165) is 5.56 Å². The first kappa shape index (κ1) is 15.8. The van der Waals surface area contributed by atoms with Gasteiger partial charge in [-0.25, -0.2) is 4.98 Å². The largest absolute Gasteiger partial charge is 0.481 e. The highest BCUT2D eigenvalue weighted by molar-refractivity contribution is 5.75. The molecule has 0 aliphatic heterocycles. The summed E-state index contributed by atoms with van der Waals surface area (Å²) in [6, 6.07) is 9.52. The first-order valence-corrected chi connectivity index (χ1v) is 7.13. The monoisotopic (exact) mass is 302 g/mol. The van der Waals surface area contributed by atoms with Crippen LogP contribution in [0.4, 0.5) is 0 Å². The first-order chi connectivity index (χ1) is 10.6. The molecule has 22 heavy (non-hydrogen) atoms. The number of unbranched alkanes of at least 4 members (excludes halogenated alkanes) is 1. The van der Waals surface area contributed by atoms with Crippen molar-refractivity contribution in [2.75, 3.05) is 0 Å². The summed E-state index contributed by atoms with van der Waals surface area (Å²) in [4.78, 5) is 26.3. The Kier molecular flexibility index (Phi) is 5.71. The number of benzene rings is 1. The number of aliphatic carboxylic acids is 1. The lowest BCUT2D eigenvalue weighted by Gasteiger charge is -2.02. The number of carbonyl (C=O) groups excluding carboxylic acids is 1. The zero-order valence-electron chi connectivity index (χ0n) is 12.1. The molecule has 0 spiro atoms. The van der Waals surface area contributed by atoms with Gasteiger partial charge in [0.1, 0.15) is 6.26 Å². The molecule has 0 unspecified atom stereocenters. The Labute approximate surface area is 128 Å². The smallest absolute Gasteiger partial charge is 0.303 e. The lowest BCUT2D eigenvalue weighted by atomic mass is 10.2. The molecule has 1 aromatic carbocycles. The fourth-order valence-corrected chi connectivity index (χ4v) is 1.94. The van der Waals surface area contributed by atoms with Gasteiger partial charge in [-0.05, 0) is 25.0 Å². The zero-order valence-corrected chi connectivity index (χ0v) is 12.1. The van der Waals surface area contributed by atoms with Gasteiger partial charge in [0, 0.05) is 18.4 Å². The van der Waals surface area contributed by atoms with Gasteiger partial charge in [-0.2, -0.15) is 0 Å². The van der Waals surface area contributed by atoms with Gasteiger partial charge in [0.25, 0.3) is 0 Å². The third-order valence-electron chi connectivity index (χ3n) is 3.08. The molecule has 2 N–H and O–H groups in total. The van der Waals surface area contributed by atoms with Crippen LogP contribution in [0.1, 0.15) is 31.4 Å². The fourth-order valence-electron chi connectivity index (χ4n) is 1.94. The quantitative estimate of drug-likeness (QED) is 0.731. The summed E-state index contributed by atoms with van der Waals surface area (Å²) < 4.78 is 5.38. The van der Waals surface area contributed by atoms with E-state index < -0.39 is 5.97 Å². The lowest BCUT2D eigenvalue weighted by Crippen LogP contribution is -2.22. The van der Waals surface area contributed by atoms with E-state index in [4.69, 9.17) is 9.52 Å². The normalized spacial score (nSPS) is 10.4. The minimum Gasteiger partial charge on any atom is -0.481 e. The molecule has 0 bridgehead atoms. The summed E-state index contributed by atoms with van der Waals surface area (Å²) in [5, 5.41) is 11.3. The van der Waals surface area contributed by atoms with Gasteiger partial charge < -0.3 is 14.8 Å². The number of hydrogen-bond acceptors (Lipinski definition) is 4. The number of carboxylic acid groups (broad SMARTS) is 1. The number of nitrogens with one attached hydrogen (secondary N) is 1. The molecule has 0 atom stereocenters. The van der Waals surface area contributed by atoms with Crippen molar-refractivity contribution in [2.24, 2.45) is 0 Å². The van der Waals surface area contributed by atoms with Crippen LogP contribution in [0.3, 0.4) is 0 Å². The molecule has 2 aromatic rings. The van der Waals surface area contributed by atoms with Crippen molar-refractivity contribution in [1.82, 2.24) is 10.3 Å². The van der Waals surface area contributed by atoms with Crippen LogP contribution in [-0.4, -0.2) is 22.0 Å². The maximum Gasteiger partial charge on any atom is 0.303 e. The van der Waals surface area contributed by atoms with Crippen LogP contribution in [-0.2, 0) is 16.1 Å². The van der Waals surface area contributed by atoms with E-state index in [1.54, 1.807) is 0 Å². The first-order valence-electron chi connectivity index (χ1n) is 7.13. The summed E-state index contributed by atoms with van der Waals surface area (Å²) in [7, 11) is 0. The Hall–Kier alpha value is -2.63. The average Bonchev–Trinajstić information content (AvgIpc) is 2.99. The number of carbonyl (C=O) groups is 2. The maximum atomic E-state index is 11.6. The number of hydrogen-bond donors (Lipinski definition) is 2. The summed E-state index contributed by atoms with van der Waals surface area (Å²) in [5.74, 6) is -0.433. The van der Waals surface area contributed by atoms with Crippen LogP contribution < -0.4 is 5.32 Å². The van der Waals surface area contributed by atoms with E-state index in [1.807, 2.05) is 30.3 Å². The number of nitrogens with zero attached hydrogens (tertiary/aromatic N) is 1. The molecule has 116 valence electrons. The van der Waals surface area contributed by atoms with E-state index >= 15 is 0 Å². The molecule has 0 radical (unpaired) electrons. The van der Waals surface area contributed by atoms with Crippen LogP contribution in [0.5, 0.6) is 0 Å². The minimum absolute atomic E-state index is 0.0942. The van der Waals surface area contributed by atoms with Gasteiger partial charge in [0.15, 0.2) is 0 Å². The van der Waals surface area contributed by atoms with Crippen LogP contribution in [0, 0.1) is 0 Å². The van der Waals surface area contributed by atoms with Crippen LogP contribution in [0.2, 0.25) is 0 Å². The lowest BCUT2D eigenvalue weighted by molar-refractivity contribution is -0.137. The van der Waals surface area contributed by atoms with Gasteiger partial charge in [0.05, 0.1) is 12.2 Å². The summed E-state index contributed by atoms with van der Waals surface area (Å²) in [6.07, 6.45) is 3.00. The Balaban J connectivity index is 1.74. The maximum absolute atomic E-state index is 11.6. The SMILES string of the molecule is O=C(O)CCCCC(=O)NCc1coc(-c2ccccc2)n1. The standard InChI is InChI=1S/C16H18N2O4/c19-14(8-4-5-9-15(20)21)17-10-13-11-22-16(18-13)12-6-2-1-3-7-12/h1-3,6-7,11H,4-5,8-10H2,(H,17,19)(H,20,21). The molecule has 0 fully saturated rings. The summed E-state index contributed by atoms with van der Waals surface area (Å²) in [5.41, 5.74) is 1.53. The van der Waals surface area contributed by atoms with Crippen molar-refractivity contribution in [2.45, 2.75) is 32.2 Å². The van der Waals surface area contributed by atoms with Crippen LogP contribution in [0.25, 0.3) is 11.5 Å². The molecule has 2 rings (SSSR count). The second kappa shape index (κ2) is 7.97. The fraction of sp³-hybridized carbons (Fsp3) is 0.312. The summed E-state index contributed by atoms with van der Waals surface area (Å²) in [6.45, 7) is 0.300. The molecule has 1 amide bonds. The van der Waals surface area contributed by atoms with Crippen LogP contribution in [0.15, 0.2) is 41.0 Å². The molecule has 6 heteroatoms. The predicted molar refractivity (Wildman–Crippen MR) is 79.9 cm³/mol. The third kappa shape index (κ3) is 5.05. The van der Waals surface area contributed by atoms with E-state index in [-0.39, 0.29) is 12.3 Å². The molecule has 0 aliphatic carbocycles. The Bertz CT molecular complexity index is 622. The summed E-state index contributed by atoms with van der Waals surface area (Å²) >= 11 is 0. The Morgan fingerprint density at radius 2 is 1.86 bits per heavy atom. The molecule has 1 heterocycles. The number of carboxylic acids is 1. The molecule has 1 aromatic heterocycles. The van der Waals surface area contributed by atoms with Gasteiger partial charge in [-0.3, -0.25) is 9.59 Å². The van der Waals surface area contributed by atoms with E-state index in [1.165, 1.54) is 6.26 Å². The van der Waals surface area contributed by atoms with Crippen molar-refractivity contribution in [3.63, 3.8) is 0 Å². The number of oxazole rings is 1. The number of amides is 1. The average molecular weight is 302 g/mol. The number of rotatable bonds is 8. The molecule has 6 nitrogen and oxygen atoms in total. The van der Waals surface area contributed by atoms with Gasteiger partial charge >= 0.3 is 5.97 Å². The van der Waals surface area contributed by atoms with Gasteiger partial charge in [0.2, 0.25) is 11.8 Å². The van der Waals surface area contributed by atoms with E-state index in [9.17, 15) is 9.59 Å². The molecule has 0 saturated carbocycles. The molecule has 0 aliphatic rings. The van der Waals surface area contributed by atoms with Gasteiger partial charge in [-0.15, -0.1) is 0 Å². The molecular weight excluding hydrogens is 284 g/mol. The van der Waals surface area contributed by atoms with Crippen molar-refractivity contribution in [3.8, 4) is 11.5 Å². The highest BCUT2D eigenvalue weighted by Gasteiger charge is 2.08. The van der Waals surface area contributed by atoms with Crippen molar-refractivity contribution < 1.29 is 19.1 Å². The molecular formula is C16H18N2O4.